The molecule has 2 fully saturated rings. The Balaban J connectivity index is 1.47. The molecule has 0 aromatic heterocycles. The number of methoxy groups -OCH3 is 1. The number of carbonyl (C=O) groups excluding carboxylic acids is 2. The first kappa shape index (κ1) is 23.8. The number of rotatable bonds is 8. The van der Waals surface area contributed by atoms with Crippen molar-refractivity contribution in [3.05, 3.63) is 41.5 Å². The topological polar surface area (TPSA) is 80.4 Å². The summed E-state index contributed by atoms with van der Waals surface area (Å²) < 4.78 is 16.6. The van der Waals surface area contributed by atoms with E-state index >= 15 is 0 Å². The number of amides is 1. The molecule has 33 heavy (non-hydrogen) atoms. The van der Waals surface area contributed by atoms with Crippen LogP contribution in [0.3, 0.4) is 0 Å². The van der Waals surface area contributed by atoms with Crippen molar-refractivity contribution in [2.75, 3.05) is 39.9 Å². The van der Waals surface area contributed by atoms with Crippen LogP contribution >= 0.6 is 11.6 Å². The van der Waals surface area contributed by atoms with E-state index in [1.807, 2.05) is 31.2 Å². The van der Waals surface area contributed by atoms with E-state index in [1.54, 1.807) is 20.1 Å². The van der Waals surface area contributed by atoms with Gasteiger partial charge in [-0.3, -0.25) is 4.79 Å². The zero-order valence-electron chi connectivity index (χ0n) is 19.4. The fraction of sp³-hybridized carbons (Fsp3) is 0.520. The van der Waals surface area contributed by atoms with Crippen molar-refractivity contribution in [3.63, 3.8) is 0 Å². The number of piperidine rings is 1. The highest BCUT2D eigenvalue weighted by Gasteiger charge is 2.53. The molecular weight excluding hydrogens is 444 g/mol. The molecule has 2 saturated heterocycles. The lowest BCUT2D eigenvalue weighted by Gasteiger charge is -2.30. The summed E-state index contributed by atoms with van der Waals surface area (Å²) in [6.45, 7) is 7.05. The van der Waals surface area contributed by atoms with Crippen molar-refractivity contribution < 1.29 is 23.8 Å². The first-order valence-electron chi connectivity index (χ1n) is 11.4. The van der Waals surface area contributed by atoms with Crippen LogP contribution in [0, 0.1) is 6.92 Å². The highest BCUT2D eigenvalue weighted by Crippen LogP contribution is 2.34. The summed E-state index contributed by atoms with van der Waals surface area (Å²) >= 11 is 6.25. The van der Waals surface area contributed by atoms with Gasteiger partial charge in [0, 0.05) is 25.0 Å². The normalized spacial score (nSPS) is 23.7. The molecule has 2 aromatic carbocycles. The molecule has 2 aromatic rings. The second kappa shape index (κ2) is 9.87. The van der Waals surface area contributed by atoms with Gasteiger partial charge in [-0.05, 0) is 61.7 Å². The number of esters is 1. The third-order valence-electron chi connectivity index (χ3n) is 6.44. The van der Waals surface area contributed by atoms with E-state index in [0.29, 0.717) is 31.0 Å². The fourth-order valence-electron chi connectivity index (χ4n) is 4.32. The molecule has 1 unspecified atom stereocenters. The molecular formula is C25H31ClN2O5. The number of epoxide rings is 1. The van der Waals surface area contributed by atoms with E-state index in [2.05, 4.69) is 10.2 Å². The summed E-state index contributed by atoms with van der Waals surface area (Å²) in [6, 6.07) is 9.27. The van der Waals surface area contributed by atoms with Crippen molar-refractivity contribution in [1.82, 2.24) is 10.2 Å². The molecule has 0 aliphatic carbocycles. The molecule has 178 valence electrons. The number of nitrogens with one attached hydrogen (secondary N) is 1. The number of halogens is 1. The zero-order valence-corrected chi connectivity index (χ0v) is 20.1. The van der Waals surface area contributed by atoms with Gasteiger partial charge >= 0.3 is 5.97 Å². The number of nitrogens with zero attached hydrogens (tertiary/aromatic N) is 1. The molecule has 4 rings (SSSR count). The first-order valence-corrected chi connectivity index (χ1v) is 11.8. The Hall–Kier alpha value is -2.35. The molecule has 0 radical (unpaired) electrons. The maximum Gasteiger partial charge on any atom is 0.339 e. The smallest absolute Gasteiger partial charge is 0.339 e. The quantitative estimate of drug-likeness (QED) is 0.359. The van der Waals surface area contributed by atoms with Gasteiger partial charge < -0.3 is 24.4 Å². The standard InChI is InChI=1S/C25H31ClN2O5/c1-16-6-4-8-19-20(16)12-18(31-3)13-21(19)24(30)33-22(25(2)15-32-25)23(29)27-9-11-28-10-5-7-17(26)14-28/h4,6,8,12-13,17,22H,5,7,9-11,14-15H2,1-3H3,(H,27,29)/t17?,22-,25+/m1/s1. The second-order valence-electron chi connectivity index (χ2n) is 9.06. The number of benzene rings is 2. The van der Waals surface area contributed by atoms with Crippen LogP contribution in [0.1, 0.15) is 35.7 Å². The van der Waals surface area contributed by atoms with Crippen molar-refractivity contribution >= 4 is 34.2 Å². The van der Waals surface area contributed by atoms with Crippen LogP contribution in [0.4, 0.5) is 0 Å². The summed E-state index contributed by atoms with van der Waals surface area (Å²) in [5.74, 6) is -0.383. The summed E-state index contributed by atoms with van der Waals surface area (Å²) in [7, 11) is 1.55. The number of ether oxygens (including phenoxy) is 3. The molecule has 0 spiro atoms. The first-order chi connectivity index (χ1) is 15.8. The molecule has 0 saturated carbocycles. The van der Waals surface area contributed by atoms with Gasteiger partial charge in [0.25, 0.3) is 5.91 Å². The summed E-state index contributed by atoms with van der Waals surface area (Å²) in [4.78, 5) is 28.5. The maximum absolute atomic E-state index is 13.2. The number of likely N-dealkylation sites (tertiary alicyclic amines) is 1. The van der Waals surface area contributed by atoms with Crippen LogP contribution in [0.15, 0.2) is 30.3 Å². The Morgan fingerprint density at radius 2 is 2.12 bits per heavy atom. The van der Waals surface area contributed by atoms with E-state index in [4.69, 9.17) is 25.8 Å². The molecule has 2 aliphatic rings. The van der Waals surface area contributed by atoms with Crippen LogP contribution in [-0.4, -0.2) is 73.8 Å². The average molecular weight is 475 g/mol. The van der Waals surface area contributed by atoms with Gasteiger partial charge in [0.1, 0.15) is 11.4 Å². The number of carbonyl (C=O) groups is 2. The fourth-order valence-corrected chi connectivity index (χ4v) is 4.67. The van der Waals surface area contributed by atoms with Gasteiger partial charge in [-0.25, -0.2) is 4.79 Å². The van der Waals surface area contributed by atoms with Gasteiger partial charge in [0.05, 0.1) is 19.3 Å². The molecule has 2 heterocycles. The van der Waals surface area contributed by atoms with Gasteiger partial charge in [0.2, 0.25) is 6.10 Å². The SMILES string of the molecule is COc1cc(C(=O)O[C@H](C(=O)NCCN2CCCC(Cl)C2)[C@]2(C)CO2)c2cccc(C)c2c1. The number of fused-ring (bicyclic) bond motifs is 1. The predicted molar refractivity (Wildman–Crippen MR) is 127 cm³/mol. The van der Waals surface area contributed by atoms with Crippen LogP contribution in [0.25, 0.3) is 10.8 Å². The van der Waals surface area contributed by atoms with Gasteiger partial charge in [-0.1, -0.05) is 18.2 Å². The number of hydrogen-bond acceptors (Lipinski definition) is 6. The van der Waals surface area contributed by atoms with Crippen LogP contribution in [-0.2, 0) is 14.3 Å². The Morgan fingerprint density at radius 3 is 2.82 bits per heavy atom. The largest absolute Gasteiger partial charge is 0.497 e. The third-order valence-corrected chi connectivity index (χ3v) is 6.79. The zero-order chi connectivity index (χ0) is 23.6. The summed E-state index contributed by atoms with van der Waals surface area (Å²) in [6.07, 6.45) is 1.04. The molecule has 8 heteroatoms. The Kier molecular flexibility index (Phi) is 7.12. The lowest BCUT2D eigenvalue weighted by atomic mass is 10.00. The molecule has 1 amide bonds. The minimum absolute atomic E-state index is 0.156. The predicted octanol–water partition coefficient (Wildman–Crippen LogP) is 3.29. The van der Waals surface area contributed by atoms with Crippen molar-refractivity contribution in [2.45, 2.75) is 43.8 Å². The van der Waals surface area contributed by atoms with Crippen LogP contribution in [0.2, 0.25) is 0 Å². The van der Waals surface area contributed by atoms with Gasteiger partial charge in [-0.2, -0.15) is 0 Å². The Bertz CT molecular complexity index is 1040. The van der Waals surface area contributed by atoms with E-state index < -0.39 is 17.7 Å². The van der Waals surface area contributed by atoms with E-state index in [1.165, 1.54) is 0 Å². The number of hydrogen-bond donors (Lipinski definition) is 1. The van der Waals surface area contributed by atoms with Gasteiger partial charge in [0.15, 0.2) is 0 Å². The molecule has 0 bridgehead atoms. The minimum atomic E-state index is -1.04. The lowest BCUT2D eigenvalue weighted by Crippen LogP contribution is -2.48. The van der Waals surface area contributed by atoms with E-state index in [-0.39, 0.29) is 11.3 Å². The van der Waals surface area contributed by atoms with Gasteiger partial charge in [-0.15, -0.1) is 11.6 Å². The van der Waals surface area contributed by atoms with E-state index in [0.717, 1.165) is 42.3 Å². The van der Waals surface area contributed by atoms with Crippen LogP contribution < -0.4 is 10.1 Å². The van der Waals surface area contributed by atoms with Crippen molar-refractivity contribution in [1.29, 1.82) is 0 Å². The molecule has 3 atom stereocenters. The maximum atomic E-state index is 13.2. The molecule has 2 aliphatic heterocycles. The van der Waals surface area contributed by atoms with Crippen LogP contribution in [0.5, 0.6) is 5.75 Å². The Morgan fingerprint density at radius 1 is 1.33 bits per heavy atom. The number of alkyl halides is 1. The monoisotopic (exact) mass is 474 g/mol. The second-order valence-corrected chi connectivity index (χ2v) is 9.68. The lowest BCUT2D eigenvalue weighted by molar-refractivity contribution is -0.133. The molecule has 7 nitrogen and oxygen atoms in total. The highest BCUT2D eigenvalue weighted by molar-refractivity contribution is 6.20. The van der Waals surface area contributed by atoms with Crippen molar-refractivity contribution in [3.8, 4) is 5.75 Å². The highest BCUT2D eigenvalue weighted by atomic mass is 35.5. The number of aryl methyl sites for hydroxylation is 1. The average Bonchev–Trinajstić information content (AvgIpc) is 3.55. The third kappa shape index (κ3) is 5.42. The van der Waals surface area contributed by atoms with Crippen molar-refractivity contribution in [2.24, 2.45) is 0 Å². The minimum Gasteiger partial charge on any atom is -0.497 e. The van der Waals surface area contributed by atoms with E-state index in [9.17, 15) is 9.59 Å². The summed E-state index contributed by atoms with van der Waals surface area (Å²) in [5, 5.41) is 4.72. The summed E-state index contributed by atoms with van der Waals surface area (Å²) in [5.41, 5.74) is 0.553. The Labute approximate surface area is 199 Å². The molecule has 1 N–H and O–H groups in total.